The summed E-state index contributed by atoms with van der Waals surface area (Å²) in [4.78, 5) is 40.2. The first-order valence-corrected chi connectivity index (χ1v) is 10.7. The Kier molecular flexibility index (Phi) is 7.74. The van der Waals surface area contributed by atoms with Crippen LogP contribution in [0.15, 0.2) is 84.9 Å². The summed E-state index contributed by atoms with van der Waals surface area (Å²) in [6.45, 7) is 1.37. The second-order valence-electron chi connectivity index (χ2n) is 7.86. The normalized spacial score (nSPS) is 12.5. The zero-order chi connectivity index (χ0) is 23.8. The van der Waals surface area contributed by atoms with Gasteiger partial charge in [-0.1, -0.05) is 72.8 Å². The summed E-state index contributed by atoms with van der Waals surface area (Å²) in [5.74, 6) is -1.51. The van der Waals surface area contributed by atoms with Crippen molar-refractivity contribution in [1.29, 1.82) is 0 Å². The number of amides is 2. The van der Waals surface area contributed by atoms with Gasteiger partial charge in [-0.3, -0.25) is 14.4 Å². The highest BCUT2D eigenvalue weighted by molar-refractivity contribution is 6.14. The molecule has 0 radical (unpaired) electrons. The number of likely N-dealkylation sites (N-methyl/N-ethyl adjacent to an activating group) is 2. The van der Waals surface area contributed by atoms with E-state index in [1.807, 2.05) is 72.8 Å². The van der Waals surface area contributed by atoms with E-state index in [-0.39, 0.29) is 13.2 Å². The summed E-state index contributed by atoms with van der Waals surface area (Å²) in [6, 6.07) is 26.3. The summed E-state index contributed by atoms with van der Waals surface area (Å²) < 4.78 is 5.56. The van der Waals surface area contributed by atoms with Crippen LogP contribution in [0.25, 0.3) is 11.1 Å². The molecule has 0 aliphatic rings. The number of rotatable bonds is 9. The van der Waals surface area contributed by atoms with Crippen LogP contribution in [-0.4, -0.2) is 48.7 Å². The molecule has 3 aromatic carbocycles. The molecule has 6 heteroatoms. The Bertz CT molecular complexity index is 1100. The molecule has 0 unspecified atom stereocenters. The molecule has 1 atom stereocenters. The van der Waals surface area contributed by atoms with Crippen LogP contribution >= 0.6 is 0 Å². The molecule has 0 saturated heterocycles. The molecule has 0 fully saturated rings. The highest BCUT2D eigenvalue weighted by Gasteiger charge is 2.46. The molecule has 0 heterocycles. The molecule has 0 aliphatic heterocycles. The van der Waals surface area contributed by atoms with Gasteiger partial charge in [-0.2, -0.15) is 0 Å². The number of ketones is 1. The number of nitrogens with zero attached hydrogens (tertiary/aromatic N) is 1. The van der Waals surface area contributed by atoms with Crippen molar-refractivity contribution in [2.75, 3.05) is 20.7 Å². The minimum atomic E-state index is -1.72. The second-order valence-corrected chi connectivity index (χ2v) is 7.86. The third-order valence-corrected chi connectivity index (χ3v) is 5.77. The van der Waals surface area contributed by atoms with Crippen LogP contribution in [0.1, 0.15) is 22.8 Å². The number of carbonyl (C=O) groups is 3. The van der Waals surface area contributed by atoms with E-state index in [1.165, 1.54) is 25.9 Å². The largest absolute Gasteiger partial charge is 0.369 e. The van der Waals surface area contributed by atoms with Crippen LogP contribution in [0.4, 0.5) is 0 Å². The zero-order valence-electron chi connectivity index (χ0n) is 19.1. The Balaban J connectivity index is 1.75. The summed E-state index contributed by atoms with van der Waals surface area (Å²) in [7, 11) is 2.89. The van der Waals surface area contributed by atoms with Crippen LogP contribution in [-0.2, 0) is 20.9 Å². The van der Waals surface area contributed by atoms with Crippen LogP contribution in [0, 0.1) is 0 Å². The van der Waals surface area contributed by atoms with Gasteiger partial charge in [0.2, 0.25) is 0 Å². The first kappa shape index (κ1) is 23.9. The fourth-order valence-corrected chi connectivity index (χ4v) is 3.52. The Morgan fingerprint density at radius 2 is 1.39 bits per heavy atom. The van der Waals surface area contributed by atoms with Gasteiger partial charge >= 0.3 is 0 Å². The van der Waals surface area contributed by atoms with E-state index in [1.54, 1.807) is 12.1 Å². The monoisotopic (exact) mass is 444 g/mol. The average Bonchev–Trinajstić information content (AvgIpc) is 2.88. The number of hydrogen-bond donors (Lipinski definition) is 1. The molecule has 2 amide bonds. The van der Waals surface area contributed by atoms with Crippen molar-refractivity contribution in [2.45, 2.75) is 19.1 Å². The molecule has 6 nitrogen and oxygen atoms in total. The fraction of sp³-hybridized carbons (Fsp3) is 0.222. The second kappa shape index (κ2) is 10.7. The molecular formula is C27H28N2O4. The van der Waals surface area contributed by atoms with Crippen molar-refractivity contribution < 1.29 is 19.1 Å². The SMILES string of the molecule is CNC(=O)[C@@](C)(C(=O)COCc1ccccc1)N(C)C(=O)c1ccc(-c2ccccc2)cc1. The zero-order valence-corrected chi connectivity index (χ0v) is 19.1. The third kappa shape index (κ3) is 5.35. The standard InChI is InChI=1S/C27H28N2O4/c1-27(26(32)28-2,24(30)19-33-18-20-10-6-4-7-11-20)29(3)25(31)23-16-14-22(15-17-23)21-12-8-5-9-13-21/h4-17H,18-19H2,1-3H3,(H,28,32)/t27-/m1/s1. The van der Waals surface area contributed by atoms with E-state index >= 15 is 0 Å². The van der Waals surface area contributed by atoms with Crippen molar-refractivity contribution in [3.8, 4) is 11.1 Å². The predicted molar refractivity (Wildman–Crippen MR) is 128 cm³/mol. The minimum absolute atomic E-state index is 0.231. The molecule has 33 heavy (non-hydrogen) atoms. The lowest BCUT2D eigenvalue weighted by molar-refractivity contribution is -0.144. The quantitative estimate of drug-likeness (QED) is 0.511. The summed E-state index contributed by atoms with van der Waals surface area (Å²) in [5.41, 5.74) is 1.57. The Morgan fingerprint density at radius 3 is 1.97 bits per heavy atom. The lowest BCUT2D eigenvalue weighted by Gasteiger charge is -2.35. The number of benzene rings is 3. The van der Waals surface area contributed by atoms with Crippen molar-refractivity contribution in [3.05, 3.63) is 96.1 Å². The average molecular weight is 445 g/mol. The van der Waals surface area contributed by atoms with E-state index in [0.717, 1.165) is 16.7 Å². The highest BCUT2D eigenvalue weighted by Crippen LogP contribution is 2.23. The maximum Gasteiger partial charge on any atom is 0.254 e. The smallest absolute Gasteiger partial charge is 0.254 e. The van der Waals surface area contributed by atoms with Crippen molar-refractivity contribution in [3.63, 3.8) is 0 Å². The van der Waals surface area contributed by atoms with Gasteiger partial charge in [0.15, 0.2) is 11.3 Å². The molecule has 0 saturated carbocycles. The Hall–Kier alpha value is -3.77. The number of hydrogen-bond acceptors (Lipinski definition) is 4. The molecule has 0 aromatic heterocycles. The van der Waals surface area contributed by atoms with Crippen molar-refractivity contribution in [1.82, 2.24) is 10.2 Å². The predicted octanol–water partition coefficient (Wildman–Crippen LogP) is 3.72. The Labute approximate surface area is 194 Å². The maximum absolute atomic E-state index is 13.2. The first-order chi connectivity index (χ1) is 15.9. The van der Waals surface area contributed by atoms with Crippen molar-refractivity contribution >= 4 is 17.6 Å². The molecule has 0 bridgehead atoms. The molecule has 3 rings (SSSR count). The highest BCUT2D eigenvalue weighted by atomic mass is 16.5. The van der Waals surface area contributed by atoms with Gasteiger partial charge in [-0.25, -0.2) is 0 Å². The van der Waals surface area contributed by atoms with E-state index in [4.69, 9.17) is 4.74 Å². The number of nitrogens with one attached hydrogen (secondary N) is 1. The molecule has 170 valence electrons. The molecule has 1 N–H and O–H groups in total. The van der Waals surface area contributed by atoms with Gasteiger partial charge in [0, 0.05) is 19.7 Å². The molecule has 0 spiro atoms. The fourth-order valence-electron chi connectivity index (χ4n) is 3.52. The van der Waals surface area contributed by atoms with Crippen LogP contribution in [0.5, 0.6) is 0 Å². The maximum atomic E-state index is 13.2. The topological polar surface area (TPSA) is 75.7 Å². The Morgan fingerprint density at radius 1 is 0.848 bits per heavy atom. The van der Waals surface area contributed by atoms with Gasteiger partial charge in [0.1, 0.15) is 6.61 Å². The number of carbonyl (C=O) groups excluding carboxylic acids is 3. The summed E-state index contributed by atoms with van der Waals surface area (Å²) in [5, 5.41) is 2.50. The van der Waals surface area contributed by atoms with E-state index in [2.05, 4.69) is 5.32 Å². The molecular weight excluding hydrogens is 416 g/mol. The van der Waals surface area contributed by atoms with E-state index < -0.39 is 23.1 Å². The molecule has 0 aliphatic carbocycles. The third-order valence-electron chi connectivity index (χ3n) is 5.77. The van der Waals surface area contributed by atoms with Crippen molar-refractivity contribution in [2.24, 2.45) is 0 Å². The summed E-state index contributed by atoms with van der Waals surface area (Å²) >= 11 is 0. The van der Waals surface area contributed by atoms with Gasteiger partial charge < -0.3 is 15.0 Å². The van der Waals surface area contributed by atoms with Gasteiger partial charge in [-0.05, 0) is 35.7 Å². The van der Waals surface area contributed by atoms with E-state index in [0.29, 0.717) is 5.56 Å². The van der Waals surface area contributed by atoms with E-state index in [9.17, 15) is 14.4 Å². The van der Waals surface area contributed by atoms with Crippen LogP contribution in [0.2, 0.25) is 0 Å². The first-order valence-electron chi connectivity index (χ1n) is 10.7. The van der Waals surface area contributed by atoms with Crippen LogP contribution in [0.3, 0.4) is 0 Å². The van der Waals surface area contributed by atoms with Crippen LogP contribution < -0.4 is 5.32 Å². The minimum Gasteiger partial charge on any atom is -0.369 e. The number of Topliss-reactive ketones (excluding diaryl/α,β-unsaturated/α-hetero) is 1. The van der Waals surface area contributed by atoms with Gasteiger partial charge in [-0.15, -0.1) is 0 Å². The lowest BCUT2D eigenvalue weighted by atomic mass is 9.92. The van der Waals surface area contributed by atoms with Gasteiger partial charge in [0.05, 0.1) is 6.61 Å². The van der Waals surface area contributed by atoms with Gasteiger partial charge in [0.25, 0.3) is 11.8 Å². The molecule has 3 aromatic rings. The summed E-state index contributed by atoms with van der Waals surface area (Å²) in [6.07, 6.45) is 0. The number of ether oxygens (including phenoxy) is 1. The lowest BCUT2D eigenvalue weighted by Crippen LogP contribution is -2.62.